The van der Waals surface area contributed by atoms with E-state index < -0.39 is 0 Å². The fraction of sp³-hybridized carbons (Fsp3) is 0.562. The van der Waals surface area contributed by atoms with Crippen molar-refractivity contribution < 1.29 is 18.9 Å². The largest absolute Gasteiger partial charge is 0.493 e. The van der Waals surface area contributed by atoms with E-state index in [0.29, 0.717) is 17.2 Å². The number of methoxy groups -OCH3 is 3. The molecule has 1 fully saturated rings. The van der Waals surface area contributed by atoms with Gasteiger partial charge in [-0.1, -0.05) is 12.2 Å². The van der Waals surface area contributed by atoms with E-state index in [1.54, 1.807) is 21.3 Å². The summed E-state index contributed by atoms with van der Waals surface area (Å²) in [6, 6.07) is 3.77. The zero-order chi connectivity index (χ0) is 16.3. The first-order valence-corrected chi connectivity index (χ1v) is 7.65. The summed E-state index contributed by atoms with van der Waals surface area (Å²) in [5, 5.41) is 0. The molecule has 1 aliphatic rings. The molecule has 2 rings (SSSR count). The van der Waals surface area contributed by atoms with Gasteiger partial charge in [-0.25, -0.2) is 0 Å². The van der Waals surface area contributed by atoms with Gasteiger partial charge in [-0.2, -0.15) is 0 Å². The van der Waals surface area contributed by atoms with E-state index in [1.807, 2.05) is 12.1 Å². The van der Waals surface area contributed by atoms with Crippen molar-refractivity contribution in [2.75, 3.05) is 34.4 Å². The van der Waals surface area contributed by atoms with E-state index in [-0.39, 0.29) is 12.2 Å². The maximum absolute atomic E-state index is 5.76. The van der Waals surface area contributed by atoms with Gasteiger partial charge in [-0.05, 0) is 26.0 Å². The maximum Gasteiger partial charge on any atom is 0.203 e. The number of morpholine rings is 1. The van der Waals surface area contributed by atoms with E-state index in [0.717, 1.165) is 23.6 Å². The van der Waals surface area contributed by atoms with Crippen LogP contribution in [0.4, 0.5) is 0 Å². The van der Waals surface area contributed by atoms with Gasteiger partial charge in [0.2, 0.25) is 5.75 Å². The van der Waals surface area contributed by atoms with Crippen molar-refractivity contribution in [1.82, 2.24) is 4.90 Å². The highest BCUT2D eigenvalue weighted by atomic mass is 32.1. The van der Waals surface area contributed by atoms with Gasteiger partial charge in [0, 0.05) is 18.7 Å². The predicted octanol–water partition coefficient (Wildman–Crippen LogP) is 2.50. The Morgan fingerprint density at radius 2 is 1.55 bits per heavy atom. The number of thiocarbonyl (C=S) groups is 1. The molecule has 0 amide bonds. The van der Waals surface area contributed by atoms with Gasteiger partial charge in [0.05, 0.1) is 33.5 Å². The fourth-order valence-electron chi connectivity index (χ4n) is 2.73. The maximum atomic E-state index is 5.76. The van der Waals surface area contributed by atoms with E-state index >= 15 is 0 Å². The van der Waals surface area contributed by atoms with Crippen LogP contribution in [0.25, 0.3) is 0 Å². The Morgan fingerprint density at radius 3 is 1.95 bits per heavy atom. The molecular formula is C16H23NO4S. The molecule has 1 aromatic rings. The van der Waals surface area contributed by atoms with Crippen molar-refractivity contribution in [3.05, 3.63) is 17.7 Å². The lowest BCUT2D eigenvalue weighted by molar-refractivity contribution is -0.0472. The van der Waals surface area contributed by atoms with Crippen molar-refractivity contribution in [1.29, 1.82) is 0 Å². The lowest BCUT2D eigenvalue weighted by atomic mass is 10.1. The first-order chi connectivity index (χ1) is 10.5. The van der Waals surface area contributed by atoms with Crippen LogP contribution in [0.3, 0.4) is 0 Å². The molecule has 0 radical (unpaired) electrons. The molecule has 1 aromatic carbocycles. The molecule has 1 heterocycles. The lowest BCUT2D eigenvalue weighted by Gasteiger charge is -2.37. The smallest absolute Gasteiger partial charge is 0.203 e. The molecule has 1 saturated heterocycles. The zero-order valence-electron chi connectivity index (χ0n) is 13.7. The van der Waals surface area contributed by atoms with E-state index in [9.17, 15) is 0 Å². The standard InChI is InChI=1S/C16H23NO4S/c1-10-8-17(9-11(2)21-10)16(22)12-6-13(18-3)15(20-5)14(7-12)19-4/h6-7,10-11H,8-9H2,1-5H3/t10-,11-/m0/s1. The minimum Gasteiger partial charge on any atom is -0.493 e. The summed E-state index contributed by atoms with van der Waals surface area (Å²) in [6.45, 7) is 5.67. The Hall–Kier alpha value is -1.53. The monoisotopic (exact) mass is 325 g/mol. The van der Waals surface area contributed by atoms with Crippen molar-refractivity contribution in [2.24, 2.45) is 0 Å². The molecule has 1 aliphatic heterocycles. The number of hydrogen-bond acceptors (Lipinski definition) is 5. The topological polar surface area (TPSA) is 40.2 Å². The van der Waals surface area contributed by atoms with E-state index in [2.05, 4.69) is 18.7 Å². The number of hydrogen-bond donors (Lipinski definition) is 0. The first kappa shape index (κ1) is 16.8. The summed E-state index contributed by atoms with van der Waals surface area (Å²) in [6.07, 6.45) is 0.312. The van der Waals surface area contributed by atoms with Gasteiger partial charge in [0.25, 0.3) is 0 Å². The second-order valence-corrected chi connectivity index (χ2v) is 5.77. The third kappa shape index (κ3) is 3.44. The first-order valence-electron chi connectivity index (χ1n) is 7.24. The molecule has 5 nitrogen and oxygen atoms in total. The molecule has 6 heteroatoms. The molecule has 0 saturated carbocycles. The fourth-order valence-corrected chi connectivity index (χ4v) is 3.00. The second kappa shape index (κ2) is 7.15. The summed E-state index contributed by atoms with van der Waals surface area (Å²) in [7, 11) is 4.79. The van der Waals surface area contributed by atoms with Crippen LogP contribution in [0.5, 0.6) is 17.2 Å². The lowest BCUT2D eigenvalue weighted by Crippen LogP contribution is -2.47. The van der Waals surface area contributed by atoms with Gasteiger partial charge in [0.15, 0.2) is 11.5 Å². The number of rotatable bonds is 4. The van der Waals surface area contributed by atoms with Crippen LogP contribution >= 0.6 is 12.2 Å². The van der Waals surface area contributed by atoms with Crippen LogP contribution in [0.15, 0.2) is 12.1 Å². The van der Waals surface area contributed by atoms with Crippen LogP contribution < -0.4 is 14.2 Å². The molecular weight excluding hydrogens is 302 g/mol. The van der Waals surface area contributed by atoms with Gasteiger partial charge in [-0.3, -0.25) is 0 Å². The van der Waals surface area contributed by atoms with Crippen LogP contribution in [-0.4, -0.2) is 56.5 Å². The van der Waals surface area contributed by atoms with Crippen LogP contribution in [0.1, 0.15) is 19.4 Å². The molecule has 0 aromatic heterocycles. The summed E-state index contributed by atoms with van der Waals surface area (Å²) in [5.41, 5.74) is 0.880. The highest BCUT2D eigenvalue weighted by Gasteiger charge is 2.26. The van der Waals surface area contributed by atoms with Crippen molar-refractivity contribution in [3.8, 4) is 17.2 Å². The summed E-state index contributed by atoms with van der Waals surface area (Å²) in [4.78, 5) is 2.93. The SMILES string of the molecule is COc1cc(C(=S)N2C[C@H](C)O[C@@H](C)C2)cc(OC)c1OC. The second-order valence-electron chi connectivity index (χ2n) is 5.38. The molecule has 0 spiro atoms. The third-order valence-electron chi connectivity index (χ3n) is 3.62. The van der Waals surface area contributed by atoms with Crippen molar-refractivity contribution >= 4 is 17.2 Å². The Balaban J connectivity index is 2.33. The van der Waals surface area contributed by atoms with Crippen molar-refractivity contribution in [3.63, 3.8) is 0 Å². The Labute approximate surface area is 137 Å². The minimum atomic E-state index is 0.156. The average molecular weight is 325 g/mol. The predicted molar refractivity (Wildman–Crippen MR) is 89.4 cm³/mol. The van der Waals surface area contributed by atoms with E-state index in [1.165, 1.54) is 0 Å². The highest BCUT2D eigenvalue weighted by molar-refractivity contribution is 7.80. The number of ether oxygens (including phenoxy) is 4. The Morgan fingerprint density at radius 1 is 1.05 bits per heavy atom. The molecule has 0 aliphatic carbocycles. The summed E-state index contributed by atoms with van der Waals surface area (Å²) in [5.74, 6) is 1.78. The molecule has 0 unspecified atom stereocenters. The van der Waals surface area contributed by atoms with Gasteiger partial charge in [-0.15, -0.1) is 0 Å². The highest BCUT2D eigenvalue weighted by Crippen LogP contribution is 2.38. The quantitative estimate of drug-likeness (QED) is 0.792. The third-order valence-corrected chi connectivity index (χ3v) is 4.11. The van der Waals surface area contributed by atoms with Crippen LogP contribution in [0, 0.1) is 0 Å². The normalized spacial score (nSPS) is 21.4. The van der Waals surface area contributed by atoms with Gasteiger partial charge in [0.1, 0.15) is 4.99 Å². The van der Waals surface area contributed by atoms with Gasteiger partial charge < -0.3 is 23.8 Å². The molecule has 0 N–H and O–H groups in total. The van der Waals surface area contributed by atoms with E-state index in [4.69, 9.17) is 31.2 Å². The average Bonchev–Trinajstić information content (AvgIpc) is 2.51. The number of nitrogens with zero attached hydrogens (tertiary/aromatic N) is 1. The number of benzene rings is 1. The Bertz CT molecular complexity index is 514. The Kier molecular flexibility index (Phi) is 5.47. The van der Waals surface area contributed by atoms with Crippen LogP contribution in [-0.2, 0) is 4.74 Å². The summed E-state index contributed by atoms with van der Waals surface area (Å²) >= 11 is 5.66. The molecule has 0 bridgehead atoms. The van der Waals surface area contributed by atoms with Crippen LogP contribution in [0.2, 0.25) is 0 Å². The molecule has 2 atom stereocenters. The summed E-state index contributed by atoms with van der Waals surface area (Å²) < 4.78 is 21.9. The molecule has 122 valence electrons. The minimum absolute atomic E-state index is 0.156. The van der Waals surface area contributed by atoms with Gasteiger partial charge >= 0.3 is 0 Å². The van der Waals surface area contributed by atoms with Crippen molar-refractivity contribution in [2.45, 2.75) is 26.1 Å². The molecule has 22 heavy (non-hydrogen) atoms. The zero-order valence-corrected chi connectivity index (χ0v) is 14.5.